The van der Waals surface area contributed by atoms with Gasteiger partial charge in [-0.2, -0.15) is 10.1 Å². The molecule has 0 atom stereocenters. The van der Waals surface area contributed by atoms with Gasteiger partial charge >= 0.3 is 0 Å². The molecule has 0 unspecified atom stereocenters. The van der Waals surface area contributed by atoms with Gasteiger partial charge in [0, 0.05) is 13.2 Å². The SMILES string of the molecule is CCCc1c(O)nc(-c2cn(C)nc2C)[nH]c1=O. The Labute approximate surface area is 104 Å². The van der Waals surface area contributed by atoms with Gasteiger partial charge in [0.2, 0.25) is 5.88 Å². The fourth-order valence-electron chi connectivity index (χ4n) is 1.92. The summed E-state index contributed by atoms with van der Waals surface area (Å²) >= 11 is 0. The first-order valence-corrected chi connectivity index (χ1v) is 5.85. The first-order chi connectivity index (χ1) is 8.52. The van der Waals surface area contributed by atoms with E-state index < -0.39 is 0 Å². The molecule has 0 fully saturated rings. The molecule has 6 heteroatoms. The van der Waals surface area contributed by atoms with Gasteiger partial charge < -0.3 is 10.1 Å². The van der Waals surface area contributed by atoms with Crippen molar-refractivity contribution in [1.82, 2.24) is 19.7 Å². The molecule has 0 bridgehead atoms. The molecule has 0 saturated heterocycles. The minimum atomic E-state index is -0.289. The topological polar surface area (TPSA) is 83.8 Å². The Morgan fingerprint density at radius 2 is 2.22 bits per heavy atom. The van der Waals surface area contributed by atoms with Gasteiger partial charge in [0.1, 0.15) is 5.82 Å². The molecule has 0 aromatic carbocycles. The van der Waals surface area contributed by atoms with Crippen molar-refractivity contribution in [3.63, 3.8) is 0 Å². The Hall–Kier alpha value is -2.11. The van der Waals surface area contributed by atoms with Gasteiger partial charge in [-0.15, -0.1) is 0 Å². The number of rotatable bonds is 3. The molecule has 0 spiro atoms. The number of aryl methyl sites for hydroxylation is 2. The second-order valence-corrected chi connectivity index (χ2v) is 4.27. The summed E-state index contributed by atoms with van der Waals surface area (Å²) in [5, 5.41) is 14.0. The van der Waals surface area contributed by atoms with Crippen LogP contribution in [0.5, 0.6) is 5.88 Å². The number of aromatic amines is 1. The molecule has 0 amide bonds. The van der Waals surface area contributed by atoms with Crippen LogP contribution in [0.25, 0.3) is 11.4 Å². The van der Waals surface area contributed by atoms with Crippen molar-refractivity contribution < 1.29 is 5.11 Å². The van der Waals surface area contributed by atoms with Crippen molar-refractivity contribution in [2.24, 2.45) is 7.05 Å². The maximum absolute atomic E-state index is 11.9. The fourth-order valence-corrected chi connectivity index (χ4v) is 1.92. The highest BCUT2D eigenvalue weighted by Gasteiger charge is 2.14. The number of aromatic hydroxyl groups is 1. The minimum Gasteiger partial charge on any atom is -0.493 e. The van der Waals surface area contributed by atoms with E-state index >= 15 is 0 Å². The second kappa shape index (κ2) is 4.64. The third-order valence-electron chi connectivity index (χ3n) is 2.76. The zero-order chi connectivity index (χ0) is 13.3. The highest BCUT2D eigenvalue weighted by Crippen LogP contribution is 2.20. The Morgan fingerprint density at radius 3 is 2.72 bits per heavy atom. The zero-order valence-corrected chi connectivity index (χ0v) is 10.7. The predicted octanol–water partition coefficient (Wildman–Crippen LogP) is 1.14. The molecule has 2 aromatic heterocycles. The molecule has 2 heterocycles. The Balaban J connectivity index is 2.55. The van der Waals surface area contributed by atoms with Gasteiger partial charge in [-0.3, -0.25) is 9.48 Å². The fraction of sp³-hybridized carbons (Fsp3) is 0.417. The number of hydrogen-bond donors (Lipinski definition) is 2. The molecular formula is C12H16N4O2. The van der Waals surface area contributed by atoms with Crippen LogP contribution in [0.2, 0.25) is 0 Å². The van der Waals surface area contributed by atoms with Gasteiger partial charge in [0.15, 0.2) is 0 Å². The van der Waals surface area contributed by atoms with Crippen LogP contribution in [0.3, 0.4) is 0 Å². The van der Waals surface area contributed by atoms with Crippen molar-refractivity contribution >= 4 is 0 Å². The van der Waals surface area contributed by atoms with Crippen LogP contribution in [-0.2, 0) is 13.5 Å². The van der Waals surface area contributed by atoms with Crippen molar-refractivity contribution in [3.05, 3.63) is 27.8 Å². The monoisotopic (exact) mass is 248 g/mol. The average Bonchev–Trinajstić information content (AvgIpc) is 2.63. The molecular weight excluding hydrogens is 232 g/mol. The molecule has 0 aliphatic rings. The lowest BCUT2D eigenvalue weighted by Crippen LogP contribution is -2.15. The van der Waals surface area contributed by atoms with Crippen LogP contribution in [0, 0.1) is 6.92 Å². The summed E-state index contributed by atoms with van der Waals surface area (Å²) in [5.74, 6) is 0.154. The molecule has 96 valence electrons. The average molecular weight is 248 g/mol. The molecule has 0 radical (unpaired) electrons. The minimum absolute atomic E-state index is 0.196. The van der Waals surface area contributed by atoms with E-state index in [0.29, 0.717) is 23.4 Å². The zero-order valence-electron chi connectivity index (χ0n) is 10.7. The summed E-state index contributed by atoms with van der Waals surface area (Å²) in [7, 11) is 1.79. The molecule has 2 aromatic rings. The van der Waals surface area contributed by atoms with E-state index in [2.05, 4.69) is 15.1 Å². The Bertz CT molecular complexity index is 627. The number of aromatic nitrogens is 4. The van der Waals surface area contributed by atoms with Crippen molar-refractivity contribution in [3.8, 4) is 17.3 Å². The van der Waals surface area contributed by atoms with Crippen LogP contribution in [-0.4, -0.2) is 24.9 Å². The summed E-state index contributed by atoms with van der Waals surface area (Å²) in [4.78, 5) is 18.6. The van der Waals surface area contributed by atoms with Gasteiger partial charge in [0.05, 0.1) is 16.8 Å². The lowest BCUT2D eigenvalue weighted by atomic mass is 10.2. The lowest BCUT2D eigenvalue weighted by molar-refractivity contribution is 0.443. The van der Waals surface area contributed by atoms with Crippen molar-refractivity contribution in [2.45, 2.75) is 26.7 Å². The maximum Gasteiger partial charge on any atom is 0.258 e. The van der Waals surface area contributed by atoms with Gasteiger partial charge in [-0.1, -0.05) is 13.3 Å². The molecule has 18 heavy (non-hydrogen) atoms. The normalized spacial score (nSPS) is 10.8. The molecule has 0 aliphatic carbocycles. The third-order valence-corrected chi connectivity index (χ3v) is 2.76. The highest BCUT2D eigenvalue weighted by atomic mass is 16.3. The summed E-state index contributed by atoms with van der Waals surface area (Å²) in [6.45, 7) is 3.77. The first-order valence-electron chi connectivity index (χ1n) is 5.85. The smallest absolute Gasteiger partial charge is 0.258 e. The van der Waals surface area contributed by atoms with Crippen LogP contribution < -0.4 is 5.56 Å². The number of H-pyrrole nitrogens is 1. The van der Waals surface area contributed by atoms with E-state index in [0.717, 1.165) is 12.1 Å². The maximum atomic E-state index is 11.9. The second-order valence-electron chi connectivity index (χ2n) is 4.27. The summed E-state index contributed by atoms with van der Waals surface area (Å²) < 4.78 is 1.64. The molecule has 6 nitrogen and oxygen atoms in total. The van der Waals surface area contributed by atoms with E-state index in [4.69, 9.17) is 0 Å². The molecule has 0 saturated carbocycles. The summed E-state index contributed by atoms with van der Waals surface area (Å²) in [6.07, 6.45) is 3.05. The van der Waals surface area contributed by atoms with Crippen LogP contribution in [0.1, 0.15) is 24.6 Å². The standard InChI is InChI=1S/C12H16N4O2/c1-4-5-8-11(17)13-10(14-12(8)18)9-6-16(3)15-7(9)2/h6H,4-5H2,1-3H3,(H2,13,14,17,18). The first kappa shape index (κ1) is 12.3. The summed E-state index contributed by atoms with van der Waals surface area (Å²) in [6, 6.07) is 0. The number of nitrogens with zero attached hydrogens (tertiary/aromatic N) is 3. The van der Waals surface area contributed by atoms with Crippen molar-refractivity contribution in [1.29, 1.82) is 0 Å². The molecule has 2 N–H and O–H groups in total. The molecule has 2 rings (SSSR count). The highest BCUT2D eigenvalue weighted by molar-refractivity contribution is 5.57. The largest absolute Gasteiger partial charge is 0.493 e. The van der Waals surface area contributed by atoms with Crippen molar-refractivity contribution in [2.75, 3.05) is 0 Å². The lowest BCUT2D eigenvalue weighted by Gasteiger charge is -2.04. The quantitative estimate of drug-likeness (QED) is 0.853. The van der Waals surface area contributed by atoms with E-state index in [1.807, 2.05) is 13.8 Å². The van der Waals surface area contributed by atoms with E-state index in [-0.39, 0.29) is 11.4 Å². The van der Waals surface area contributed by atoms with Crippen LogP contribution in [0.4, 0.5) is 0 Å². The van der Waals surface area contributed by atoms with E-state index in [9.17, 15) is 9.90 Å². The predicted molar refractivity (Wildman–Crippen MR) is 67.5 cm³/mol. The van der Waals surface area contributed by atoms with Crippen LogP contribution >= 0.6 is 0 Å². The van der Waals surface area contributed by atoms with Gasteiger partial charge in [-0.25, -0.2) is 0 Å². The third kappa shape index (κ3) is 2.13. The van der Waals surface area contributed by atoms with E-state index in [1.165, 1.54) is 0 Å². The summed E-state index contributed by atoms with van der Waals surface area (Å²) in [5.41, 5.74) is 1.52. The van der Waals surface area contributed by atoms with Gasteiger partial charge in [0.25, 0.3) is 5.56 Å². The number of nitrogens with one attached hydrogen (secondary N) is 1. The Kier molecular flexibility index (Phi) is 3.18. The number of hydrogen-bond acceptors (Lipinski definition) is 4. The van der Waals surface area contributed by atoms with E-state index in [1.54, 1.807) is 17.9 Å². The molecule has 0 aliphatic heterocycles. The Morgan fingerprint density at radius 1 is 1.50 bits per heavy atom. The van der Waals surface area contributed by atoms with Crippen LogP contribution in [0.15, 0.2) is 11.0 Å². The van der Waals surface area contributed by atoms with Gasteiger partial charge in [-0.05, 0) is 13.3 Å².